The number of likely N-dealkylation sites (tertiary alicyclic amines) is 1. The third-order valence-corrected chi connectivity index (χ3v) is 4.74. The third kappa shape index (κ3) is 6.02. The van der Waals surface area contributed by atoms with Crippen molar-refractivity contribution in [3.8, 4) is 11.1 Å². The van der Waals surface area contributed by atoms with E-state index in [2.05, 4.69) is 34.2 Å². The Balaban J connectivity index is 1.39. The average molecular weight is 383 g/mol. The number of carbonyl (C=O) groups excluding carboxylic acids is 1. The SMILES string of the molecule is CC(C)(C)OC(=O)N1CCC(COCc2ccc(-c3cncnc3)cc2)CC1. The lowest BCUT2D eigenvalue weighted by atomic mass is 9.98. The molecule has 6 heteroatoms. The van der Waals surface area contributed by atoms with Crippen LogP contribution in [0.4, 0.5) is 4.79 Å². The number of benzene rings is 1. The van der Waals surface area contributed by atoms with E-state index in [0.717, 1.165) is 49.2 Å². The maximum Gasteiger partial charge on any atom is 0.410 e. The number of aromatic nitrogens is 2. The highest BCUT2D eigenvalue weighted by Gasteiger charge is 2.26. The fourth-order valence-corrected chi connectivity index (χ4v) is 3.19. The first-order chi connectivity index (χ1) is 13.4. The van der Waals surface area contributed by atoms with Crippen LogP contribution >= 0.6 is 0 Å². The van der Waals surface area contributed by atoms with E-state index < -0.39 is 5.60 Å². The molecule has 1 fully saturated rings. The van der Waals surface area contributed by atoms with Gasteiger partial charge in [-0.25, -0.2) is 14.8 Å². The molecule has 0 N–H and O–H groups in total. The van der Waals surface area contributed by atoms with Crippen molar-refractivity contribution < 1.29 is 14.3 Å². The largest absolute Gasteiger partial charge is 0.444 e. The van der Waals surface area contributed by atoms with Crippen molar-refractivity contribution in [1.82, 2.24) is 14.9 Å². The number of amides is 1. The standard InChI is InChI=1S/C22H29N3O3/c1-22(2,3)28-21(26)25-10-8-18(9-11-25)15-27-14-17-4-6-19(7-5-17)20-12-23-16-24-13-20/h4-7,12-13,16,18H,8-11,14-15H2,1-3H3. The molecule has 1 aromatic heterocycles. The molecule has 1 saturated heterocycles. The molecule has 1 amide bonds. The summed E-state index contributed by atoms with van der Waals surface area (Å²) in [4.78, 5) is 22.0. The zero-order valence-electron chi connectivity index (χ0n) is 16.9. The van der Waals surface area contributed by atoms with Gasteiger partial charge >= 0.3 is 6.09 Å². The fourth-order valence-electron chi connectivity index (χ4n) is 3.19. The Morgan fingerprint density at radius 2 is 1.71 bits per heavy atom. The van der Waals surface area contributed by atoms with Gasteiger partial charge in [-0.15, -0.1) is 0 Å². The van der Waals surface area contributed by atoms with E-state index in [9.17, 15) is 4.79 Å². The Morgan fingerprint density at radius 1 is 1.07 bits per heavy atom. The second-order valence-corrected chi connectivity index (χ2v) is 8.25. The van der Waals surface area contributed by atoms with Crippen LogP contribution in [0.25, 0.3) is 11.1 Å². The molecule has 28 heavy (non-hydrogen) atoms. The highest BCUT2D eigenvalue weighted by molar-refractivity contribution is 5.68. The number of piperidine rings is 1. The minimum absolute atomic E-state index is 0.212. The van der Waals surface area contributed by atoms with E-state index in [-0.39, 0.29) is 6.09 Å². The van der Waals surface area contributed by atoms with Crippen LogP contribution in [0.2, 0.25) is 0 Å². The van der Waals surface area contributed by atoms with E-state index in [1.54, 1.807) is 4.90 Å². The highest BCUT2D eigenvalue weighted by Crippen LogP contribution is 2.21. The zero-order valence-corrected chi connectivity index (χ0v) is 16.9. The van der Waals surface area contributed by atoms with Crippen LogP contribution in [-0.2, 0) is 16.1 Å². The van der Waals surface area contributed by atoms with Crippen molar-refractivity contribution in [1.29, 1.82) is 0 Å². The van der Waals surface area contributed by atoms with Crippen LogP contribution in [0, 0.1) is 5.92 Å². The Kier molecular flexibility index (Phi) is 6.62. The fraction of sp³-hybridized carbons (Fsp3) is 0.500. The lowest BCUT2D eigenvalue weighted by molar-refractivity contribution is 0.0105. The van der Waals surface area contributed by atoms with Crippen molar-refractivity contribution in [2.45, 2.75) is 45.8 Å². The summed E-state index contributed by atoms with van der Waals surface area (Å²) in [6, 6.07) is 8.29. The predicted octanol–water partition coefficient (Wildman–Crippen LogP) is 4.31. The summed E-state index contributed by atoms with van der Waals surface area (Å²) >= 11 is 0. The van der Waals surface area contributed by atoms with E-state index in [1.807, 2.05) is 33.2 Å². The average Bonchev–Trinajstić information content (AvgIpc) is 2.68. The van der Waals surface area contributed by atoms with E-state index in [1.165, 1.54) is 6.33 Å². The van der Waals surface area contributed by atoms with Crippen LogP contribution in [0.15, 0.2) is 43.0 Å². The minimum Gasteiger partial charge on any atom is -0.444 e. The van der Waals surface area contributed by atoms with Crippen LogP contribution in [0.3, 0.4) is 0 Å². The van der Waals surface area contributed by atoms with Crippen molar-refractivity contribution >= 4 is 6.09 Å². The van der Waals surface area contributed by atoms with Crippen LogP contribution in [0.1, 0.15) is 39.2 Å². The van der Waals surface area contributed by atoms with Gasteiger partial charge in [0.05, 0.1) is 6.61 Å². The first-order valence-electron chi connectivity index (χ1n) is 9.81. The van der Waals surface area contributed by atoms with Gasteiger partial charge in [-0.2, -0.15) is 0 Å². The Morgan fingerprint density at radius 3 is 2.32 bits per heavy atom. The lowest BCUT2D eigenvalue weighted by Crippen LogP contribution is -2.42. The van der Waals surface area contributed by atoms with Crippen LogP contribution in [-0.4, -0.2) is 46.3 Å². The minimum atomic E-state index is -0.444. The van der Waals surface area contributed by atoms with Crippen LogP contribution < -0.4 is 0 Å². The van der Waals surface area contributed by atoms with Gasteiger partial charge in [-0.1, -0.05) is 24.3 Å². The molecule has 0 radical (unpaired) electrons. The topological polar surface area (TPSA) is 64.5 Å². The quantitative estimate of drug-likeness (QED) is 0.770. The number of carbonyl (C=O) groups is 1. The Hall–Kier alpha value is -2.47. The lowest BCUT2D eigenvalue weighted by Gasteiger charge is -2.33. The Bertz CT molecular complexity index is 749. The molecule has 0 atom stereocenters. The summed E-state index contributed by atoms with van der Waals surface area (Å²) in [7, 11) is 0. The summed E-state index contributed by atoms with van der Waals surface area (Å²) in [6.45, 7) is 8.46. The molecule has 1 aromatic carbocycles. The second-order valence-electron chi connectivity index (χ2n) is 8.25. The number of nitrogens with zero attached hydrogens (tertiary/aromatic N) is 3. The number of rotatable bonds is 5. The highest BCUT2D eigenvalue weighted by atomic mass is 16.6. The monoisotopic (exact) mass is 383 g/mol. The molecule has 0 unspecified atom stereocenters. The molecular formula is C22H29N3O3. The van der Waals surface area contributed by atoms with Crippen molar-refractivity contribution in [2.75, 3.05) is 19.7 Å². The van der Waals surface area contributed by atoms with Gasteiger partial charge in [0.2, 0.25) is 0 Å². The Labute approximate surface area is 166 Å². The van der Waals surface area contributed by atoms with Gasteiger partial charge in [0, 0.05) is 37.7 Å². The number of hydrogen-bond donors (Lipinski definition) is 0. The van der Waals surface area contributed by atoms with E-state index in [4.69, 9.17) is 9.47 Å². The van der Waals surface area contributed by atoms with E-state index >= 15 is 0 Å². The molecule has 150 valence electrons. The van der Waals surface area contributed by atoms with Gasteiger partial charge < -0.3 is 14.4 Å². The molecule has 1 aliphatic heterocycles. The zero-order chi connectivity index (χ0) is 20.0. The molecule has 1 aliphatic rings. The maximum atomic E-state index is 12.1. The predicted molar refractivity (Wildman–Crippen MR) is 108 cm³/mol. The maximum absolute atomic E-state index is 12.1. The van der Waals surface area contributed by atoms with Gasteiger partial charge in [-0.3, -0.25) is 0 Å². The van der Waals surface area contributed by atoms with Gasteiger partial charge in [0.25, 0.3) is 0 Å². The van der Waals surface area contributed by atoms with Gasteiger partial charge in [0.15, 0.2) is 0 Å². The summed E-state index contributed by atoms with van der Waals surface area (Å²) < 4.78 is 11.4. The summed E-state index contributed by atoms with van der Waals surface area (Å²) in [5.74, 6) is 0.486. The molecular weight excluding hydrogens is 354 g/mol. The van der Waals surface area contributed by atoms with Crippen molar-refractivity contribution in [3.05, 3.63) is 48.5 Å². The third-order valence-electron chi connectivity index (χ3n) is 4.74. The summed E-state index contributed by atoms with van der Waals surface area (Å²) in [5, 5.41) is 0. The molecule has 0 aliphatic carbocycles. The van der Waals surface area contributed by atoms with Gasteiger partial charge in [-0.05, 0) is 50.7 Å². The van der Waals surface area contributed by atoms with Crippen molar-refractivity contribution in [3.63, 3.8) is 0 Å². The van der Waals surface area contributed by atoms with Crippen molar-refractivity contribution in [2.24, 2.45) is 5.92 Å². The molecule has 6 nitrogen and oxygen atoms in total. The molecule has 0 bridgehead atoms. The molecule has 0 saturated carbocycles. The second kappa shape index (κ2) is 9.15. The number of hydrogen-bond acceptors (Lipinski definition) is 5. The summed E-state index contributed by atoms with van der Waals surface area (Å²) in [5.41, 5.74) is 2.80. The first-order valence-corrected chi connectivity index (χ1v) is 9.81. The normalized spacial score (nSPS) is 15.5. The molecule has 2 heterocycles. The smallest absolute Gasteiger partial charge is 0.410 e. The first kappa shape index (κ1) is 20.3. The van der Waals surface area contributed by atoms with E-state index in [0.29, 0.717) is 12.5 Å². The molecule has 2 aromatic rings. The van der Waals surface area contributed by atoms with Crippen LogP contribution in [0.5, 0.6) is 0 Å². The van der Waals surface area contributed by atoms with Gasteiger partial charge in [0.1, 0.15) is 11.9 Å². The number of ether oxygens (including phenoxy) is 2. The molecule has 3 rings (SSSR count). The summed E-state index contributed by atoms with van der Waals surface area (Å²) in [6.07, 6.45) is 6.84. The molecule has 0 spiro atoms.